The number of ketones is 1. The molecular weight excluding hydrogens is 251 g/mol. The number of benzene rings is 2. The molecule has 0 spiro atoms. The maximum absolute atomic E-state index is 13.0. The third-order valence-electron chi connectivity index (χ3n) is 2.62. The number of aryl methyl sites for hydroxylation is 1. The van der Waals surface area contributed by atoms with Gasteiger partial charge in [0.15, 0.2) is 5.78 Å². The summed E-state index contributed by atoms with van der Waals surface area (Å²) in [6.45, 7) is 1.88. The van der Waals surface area contributed by atoms with Gasteiger partial charge in [-0.05, 0) is 48.4 Å². The van der Waals surface area contributed by atoms with Crippen LogP contribution in [0.4, 0.5) is 4.39 Å². The molecule has 92 valence electrons. The first-order valence-corrected chi connectivity index (χ1v) is 5.97. The van der Waals surface area contributed by atoms with Gasteiger partial charge in [-0.25, -0.2) is 4.39 Å². The summed E-state index contributed by atoms with van der Waals surface area (Å²) in [5.74, 6) is -0.395. The molecule has 0 aliphatic rings. The van der Waals surface area contributed by atoms with Gasteiger partial charge in [-0.2, -0.15) is 0 Å². The minimum absolute atomic E-state index is 0.0637. The molecule has 0 amide bonds. The number of halogens is 2. The van der Waals surface area contributed by atoms with Crippen LogP contribution in [0.2, 0.25) is 5.02 Å². The van der Waals surface area contributed by atoms with Gasteiger partial charge in [0.25, 0.3) is 0 Å². The minimum Gasteiger partial charge on any atom is -0.294 e. The normalized spacial score (nSPS) is 10.4. The van der Waals surface area contributed by atoms with Crippen LogP contribution in [0.25, 0.3) is 0 Å². The Kier molecular flexibility index (Phi) is 3.78. The lowest BCUT2D eigenvalue weighted by Gasteiger charge is -2.04. The first-order chi connectivity index (χ1) is 8.54. The van der Waals surface area contributed by atoms with E-state index in [2.05, 4.69) is 0 Å². The monoisotopic (exact) mass is 262 g/mol. The lowest BCUT2D eigenvalue weighted by molar-refractivity contribution is 0.0993. The number of rotatable bonds is 3. The number of hydrogen-bond donors (Lipinski definition) is 0. The third kappa shape index (κ3) is 3.17. The topological polar surface area (TPSA) is 17.1 Å². The molecule has 0 saturated carbocycles. The zero-order chi connectivity index (χ0) is 13.1. The Bertz CT molecular complexity index is 573. The quantitative estimate of drug-likeness (QED) is 0.757. The van der Waals surface area contributed by atoms with E-state index in [1.807, 2.05) is 6.92 Å². The second-order valence-corrected chi connectivity index (χ2v) is 4.68. The van der Waals surface area contributed by atoms with E-state index in [1.54, 1.807) is 30.3 Å². The van der Waals surface area contributed by atoms with Crippen molar-refractivity contribution in [3.63, 3.8) is 0 Å². The number of carbonyl (C=O) groups is 1. The maximum Gasteiger partial charge on any atom is 0.167 e. The number of carbonyl (C=O) groups excluding carboxylic acids is 1. The highest BCUT2D eigenvalue weighted by Gasteiger charge is 2.09. The molecule has 2 aromatic carbocycles. The van der Waals surface area contributed by atoms with E-state index in [9.17, 15) is 9.18 Å². The Hall–Kier alpha value is -1.67. The summed E-state index contributed by atoms with van der Waals surface area (Å²) in [4.78, 5) is 12.0. The predicted molar refractivity (Wildman–Crippen MR) is 70.6 cm³/mol. The Morgan fingerprint density at radius 2 is 2.00 bits per heavy atom. The lowest BCUT2D eigenvalue weighted by Crippen LogP contribution is -2.04. The SMILES string of the molecule is Cc1cc(Cl)cc(C(=O)Cc2cccc(F)c2)c1. The first kappa shape index (κ1) is 12.8. The summed E-state index contributed by atoms with van der Waals surface area (Å²) in [5, 5.41) is 0.539. The van der Waals surface area contributed by atoms with E-state index < -0.39 is 0 Å². The zero-order valence-electron chi connectivity index (χ0n) is 9.91. The molecule has 0 heterocycles. The Balaban J connectivity index is 2.22. The van der Waals surface area contributed by atoms with E-state index >= 15 is 0 Å². The molecule has 18 heavy (non-hydrogen) atoms. The summed E-state index contributed by atoms with van der Waals surface area (Å²) < 4.78 is 13.0. The molecule has 0 N–H and O–H groups in total. The standard InChI is InChI=1S/C15H12ClFO/c1-10-5-12(9-13(16)6-10)15(18)8-11-3-2-4-14(17)7-11/h2-7,9H,8H2,1H3. The molecule has 1 nitrogen and oxygen atoms in total. The largest absolute Gasteiger partial charge is 0.294 e. The van der Waals surface area contributed by atoms with E-state index in [1.165, 1.54) is 12.1 Å². The molecule has 0 aliphatic carbocycles. The van der Waals surface area contributed by atoms with Crippen molar-refractivity contribution in [2.75, 3.05) is 0 Å². The van der Waals surface area contributed by atoms with Crippen LogP contribution in [0.5, 0.6) is 0 Å². The van der Waals surface area contributed by atoms with Crippen molar-refractivity contribution in [2.24, 2.45) is 0 Å². The molecule has 0 bridgehead atoms. The number of Topliss-reactive ketones (excluding diaryl/α,β-unsaturated/α-hetero) is 1. The summed E-state index contributed by atoms with van der Waals surface area (Å²) >= 11 is 5.91. The maximum atomic E-state index is 13.0. The average Bonchev–Trinajstić information content (AvgIpc) is 2.27. The summed E-state index contributed by atoms with van der Waals surface area (Å²) in [6.07, 6.45) is 0.178. The van der Waals surface area contributed by atoms with E-state index in [0.29, 0.717) is 16.1 Å². The molecule has 3 heteroatoms. The van der Waals surface area contributed by atoms with Crippen molar-refractivity contribution in [3.05, 3.63) is 70.0 Å². The van der Waals surface area contributed by atoms with Crippen molar-refractivity contribution < 1.29 is 9.18 Å². The Labute approximate surface area is 110 Å². The molecule has 0 aliphatic heterocycles. The molecule has 0 saturated heterocycles. The fourth-order valence-electron chi connectivity index (χ4n) is 1.83. The van der Waals surface area contributed by atoms with Crippen LogP contribution in [0.1, 0.15) is 21.5 Å². The zero-order valence-corrected chi connectivity index (χ0v) is 10.7. The highest BCUT2D eigenvalue weighted by atomic mass is 35.5. The van der Waals surface area contributed by atoms with Gasteiger partial charge >= 0.3 is 0 Å². The molecule has 0 radical (unpaired) electrons. The molecule has 0 unspecified atom stereocenters. The average molecular weight is 263 g/mol. The van der Waals surface area contributed by atoms with Gasteiger partial charge < -0.3 is 0 Å². The van der Waals surface area contributed by atoms with Crippen LogP contribution in [0, 0.1) is 12.7 Å². The Morgan fingerprint density at radius 1 is 1.22 bits per heavy atom. The van der Waals surface area contributed by atoms with Gasteiger partial charge in [-0.3, -0.25) is 4.79 Å². The van der Waals surface area contributed by atoms with Crippen LogP contribution in [-0.4, -0.2) is 5.78 Å². The third-order valence-corrected chi connectivity index (χ3v) is 2.84. The van der Waals surface area contributed by atoms with Crippen LogP contribution in [0.3, 0.4) is 0 Å². The first-order valence-electron chi connectivity index (χ1n) is 5.59. The van der Waals surface area contributed by atoms with Crippen LogP contribution in [0.15, 0.2) is 42.5 Å². The Morgan fingerprint density at radius 3 is 2.67 bits per heavy atom. The molecule has 0 atom stereocenters. The van der Waals surface area contributed by atoms with Crippen LogP contribution in [-0.2, 0) is 6.42 Å². The molecule has 2 aromatic rings. The van der Waals surface area contributed by atoms with Gasteiger partial charge in [-0.15, -0.1) is 0 Å². The summed E-state index contributed by atoms with van der Waals surface area (Å²) in [5.41, 5.74) is 2.16. The lowest BCUT2D eigenvalue weighted by atomic mass is 10.0. The van der Waals surface area contributed by atoms with Crippen molar-refractivity contribution in [1.29, 1.82) is 0 Å². The van der Waals surface area contributed by atoms with Crippen molar-refractivity contribution >= 4 is 17.4 Å². The fraction of sp³-hybridized carbons (Fsp3) is 0.133. The number of hydrogen-bond acceptors (Lipinski definition) is 1. The molecular formula is C15H12ClFO. The summed E-state index contributed by atoms with van der Waals surface area (Å²) in [6, 6.07) is 11.3. The molecule has 2 rings (SSSR count). The predicted octanol–water partition coefficient (Wildman–Crippen LogP) is 4.21. The van der Waals surface area contributed by atoms with E-state index in [0.717, 1.165) is 5.56 Å². The molecule has 0 fully saturated rings. The van der Waals surface area contributed by atoms with Crippen molar-refractivity contribution in [3.8, 4) is 0 Å². The van der Waals surface area contributed by atoms with Crippen molar-refractivity contribution in [2.45, 2.75) is 13.3 Å². The smallest absolute Gasteiger partial charge is 0.167 e. The fourth-order valence-corrected chi connectivity index (χ4v) is 2.12. The van der Waals surface area contributed by atoms with E-state index in [4.69, 9.17) is 11.6 Å². The van der Waals surface area contributed by atoms with Gasteiger partial charge in [0.05, 0.1) is 0 Å². The van der Waals surface area contributed by atoms with Crippen LogP contribution >= 0.6 is 11.6 Å². The summed E-state index contributed by atoms with van der Waals surface area (Å²) in [7, 11) is 0. The second-order valence-electron chi connectivity index (χ2n) is 4.25. The highest BCUT2D eigenvalue weighted by Crippen LogP contribution is 2.16. The van der Waals surface area contributed by atoms with E-state index in [-0.39, 0.29) is 18.0 Å². The molecule has 0 aromatic heterocycles. The van der Waals surface area contributed by atoms with Crippen LogP contribution < -0.4 is 0 Å². The minimum atomic E-state index is -0.331. The second kappa shape index (κ2) is 5.32. The van der Waals surface area contributed by atoms with Crippen molar-refractivity contribution in [1.82, 2.24) is 0 Å². The highest BCUT2D eigenvalue weighted by molar-refractivity contribution is 6.31. The van der Waals surface area contributed by atoms with Gasteiger partial charge in [-0.1, -0.05) is 23.7 Å². The van der Waals surface area contributed by atoms with Gasteiger partial charge in [0.2, 0.25) is 0 Å². The van der Waals surface area contributed by atoms with Gasteiger partial charge in [0, 0.05) is 17.0 Å². The van der Waals surface area contributed by atoms with Gasteiger partial charge in [0.1, 0.15) is 5.82 Å².